The Morgan fingerprint density at radius 3 is 2.64 bits per heavy atom. The predicted octanol–water partition coefficient (Wildman–Crippen LogP) is 3.45. The summed E-state index contributed by atoms with van der Waals surface area (Å²) in [5.41, 5.74) is 2.93. The van der Waals surface area contributed by atoms with E-state index in [2.05, 4.69) is 22.0 Å². The molecule has 0 aliphatic heterocycles. The van der Waals surface area contributed by atoms with E-state index < -0.39 is 0 Å². The molecular formula is C18H20ClN5O. The van der Waals surface area contributed by atoms with Gasteiger partial charge in [0.1, 0.15) is 18.0 Å². The Morgan fingerprint density at radius 1 is 1.12 bits per heavy atom. The Balaban J connectivity index is 1.64. The van der Waals surface area contributed by atoms with Gasteiger partial charge in [-0.15, -0.1) is 0 Å². The van der Waals surface area contributed by atoms with Crippen LogP contribution in [0.25, 0.3) is 5.69 Å². The first kappa shape index (κ1) is 17.2. The summed E-state index contributed by atoms with van der Waals surface area (Å²) in [6.07, 6.45) is 3.24. The number of anilines is 1. The van der Waals surface area contributed by atoms with Crippen LogP contribution in [0.2, 0.25) is 5.02 Å². The van der Waals surface area contributed by atoms with Gasteiger partial charge in [-0.1, -0.05) is 29.3 Å². The van der Waals surface area contributed by atoms with Gasteiger partial charge in [-0.25, -0.2) is 14.6 Å². The maximum Gasteiger partial charge on any atom is 0.216 e. The third-order valence-corrected chi connectivity index (χ3v) is 4.31. The van der Waals surface area contributed by atoms with Crippen LogP contribution >= 0.6 is 11.6 Å². The molecule has 0 unspecified atom stereocenters. The quantitative estimate of drug-likeness (QED) is 0.676. The molecule has 0 aliphatic rings. The molecule has 1 aromatic carbocycles. The van der Waals surface area contributed by atoms with Gasteiger partial charge in [-0.2, -0.15) is 5.10 Å². The number of hydrogen-bond acceptors (Lipinski definition) is 5. The molecule has 0 bridgehead atoms. The van der Waals surface area contributed by atoms with Crippen LogP contribution in [0.4, 0.5) is 5.82 Å². The zero-order valence-electron chi connectivity index (χ0n) is 14.5. The van der Waals surface area contributed by atoms with Crippen molar-refractivity contribution in [3.8, 4) is 11.6 Å². The van der Waals surface area contributed by atoms with Crippen molar-refractivity contribution < 1.29 is 4.74 Å². The van der Waals surface area contributed by atoms with Crippen LogP contribution < -0.4 is 9.64 Å². The van der Waals surface area contributed by atoms with Crippen molar-refractivity contribution >= 4 is 17.4 Å². The van der Waals surface area contributed by atoms with E-state index >= 15 is 0 Å². The number of aryl methyl sites for hydroxylation is 2. The fourth-order valence-corrected chi connectivity index (χ4v) is 2.63. The van der Waals surface area contributed by atoms with Crippen molar-refractivity contribution in [1.29, 1.82) is 0 Å². The van der Waals surface area contributed by atoms with E-state index in [1.807, 2.05) is 49.2 Å². The lowest BCUT2D eigenvalue weighted by atomic mass is 10.2. The van der Waals surface area contributed by atoms with Gasteiger partial charge in [0.15, 0.2) is 5.82 Å². The maximum atomic E-state index is 6.26. The van der Waals surface area contributed by atoms with Gasteiger partial charge >= 0.3 is 0 Å². The number of likely N-dealkylation sites (N-methyl/N-ethyl adjacent to an activating group) is 1. The first-order valence-corrected chi connectivity index (χ1v) is 8.36. The fourth-order valence-electron chi connectivity index (χ4n) is 2.38. The van der Waals surface area contributed by atoms with Crippen molar-refractivity contribution in [1.82, 2.24) is 19.7 Å². The van der Waals surface area contributed by atoms with Crippen LogP contribution in [0.15, 0.2) is 42.9 Å². The van der Waals surface area contributed by atoms with Crippen LogP contribution in [-0.2, 0) is 0 Å². The molecule has 0 amide bonds. The largest absolute Gasteiger partial charge is 0.476 e. The number of hydrogen-bond donors (Lipinski definition) is 0. The number of halogens is 1. The van der Waals surface area contributed by atoms with Crippen molar-refractivity contribution in [2.24, 2.45) is 0 Å². The lowest BCUT2D eigenvalue weighted by Gasteiger charge is -2.20. The normalized spacial score (nSPS) is 10.7. The van der Waals surface area contributed by atoms with Crippen LogP contribution in [-0.4, -0.2) is 39.9 Å². The van der Waals surface area contributed by atoms with E-state index in [9.17, 15) is 0 Å². The summed E-state index contributed by atoms with van der Waals surface area (Å²) >= 11 is 6.26. The average molecular weight is 358 g/mol. The Hall–Kier alpha value is -2.60. The molecule has 3 rings (SSSR count). The van der Waals surface area contributed by atoms with Crippen LogP contribution in [0, 0.1) is 13.8 Å². The van der Waals surface area contributed by atoms with E-state index in [-0.39, 0.29) is 0 Å². The molecule has 7 heteroatoms. The number of benzene rings is 1. The first-order valence-electron chi connectivity index (χ1n) is 7.98. The van der Waals surface area contributed by atoms with Gasteiger partial charge in [0.2, 0.25) is 5.88 Å². The van der Waals surface area contributed by atoms with Gasteiger partial charge in [-0.3, -0.25) is 0 Å². The monoisotopic (exact) mass is 357 g/mol. The van der Waals surface area contributed by atoms with Gasteiger partial charge in [-0.05, 0) is 26.0 Å². The Labute approximate surface area is 152 Å². The highest BCUT2D eigenvalue weighted by Crippen LogP contribution is 2.24. The summed E-state index contributed by atoms with van der Waals surface area (Å²) in [6, 6.07) is 9.99. The molecule has 0 saturated heterocycles. The van der Waals surface area contributed by atoms with Crippen LogP contribution in [0.1, 0.15) is 11.3 Å². The topological polar surface area (TPSA) is 56.1 Å². The van der Waals surface area contributed by atoms with Gasteiger partial charge < -0.3 is 9.64 Å². The van der Waals surface area contributed by atoms with E-state index in [0.29, 0.717) is 29.9 Å². The second-order valence-corrected chi connectivity index (χ2v) is 6.16. The first-order chi connectivity index (χ1) is 12.1. The second kappa shape index (κ2) is 7.53. The molecule has 25 heavy (non-hydrogen) atoms. The summed E-state index contributed by atoms with van der Waals surface area (Å²) in [6.45, 7) is 5.03. The van der Waals surface area contributed by atoms with Crippen molar-refractivity contribution in [2.45, 2.75) is 13.8 Å². The smallest absolute Gasteiger partial charge is 0.216 e. The minimum absolute atomic E-state index is 0.480. The van der Waals surface area contributed by atoms with E-state index in [0.717, 1.165) is 11.4 Å². The molecule has 0 radical (unpaired) electrons. The van der Waals surface area contributed by atoms with Crippen molar-refractivity contribution in [3.63, 3.8) is 0 Å². The lowest BCUT2D eigenvalue weighted by molar-refractivity contribution is 0.304. The van der Waals surface area contributed by atoms with Crippen LogP contribution in [0.5, 0.6) is 5.88 Å². The molecule has 0 fully saturated rings. The molecule has 6 nitrogen and oxygen atoms in total. The highest BCUT2D eigenvalue weighted by atomic mass is 35.5. The van der Waals surface area contributed by atoms with Gasteiger partial charge in [0.05, 0.1) is 24.1 Å². The Bertz CT molecular complexity index is 847. The van der Waals surface area contributed by atoms with Gasteiger partial charge in [0, 0.05) is 13.1 Å². The van der Waals surface area contributed by atoms with E-state index in [4.69, 9.17) is 16.3 Å². The highest BCUT2D eigenvalue weighted by Gasteiger charge is 2.11. The van der Waals surface area contributed by atoms with Gasteiger partial charge in [0.25, 0.3) is 0 Å². The van der Waals surface area contributed by atoms with Crippen molar-refractivity contribution in [2.75, 3.05) is 25.1 Å². The maximum absolute atomic E-state index is 6.26. The molecule has 130 valence electrons. The molecule has 2 heterocycles. The summed E-state index contributed by atoms with van der Waals surface area (Å²) in [5.74, 6) is 1.40. The molecule has 3 aromatic rings. The average Bonchev–Trinajstić information content (AvgIpc) is 3.06. The number of ether oxygens (including phenoxy) is 1. The SMILES string of the molecule is Cc1ccc(-n2nccc2OCCN(C)c2ncnc(C)c2Cl)cc1. The van der Waals surface area contributed by atoms with E-state index in [1.165, 1.54) is 11.9 Å². The molecule has 2 aromatic heterocycles. The zero-order chi connectivity index (χ0) is 17.8. The predicted molar refractivity (Wildman–Crippen MR) is 98.8 cm³/mol. The molecule has 0 N–H and O–H groups in total. The standard InChI is InChI=1S/C18H20ClN5O/c1-13-4-6-15(7-5-13)24-16(8-9-22-24)25-11-10-23(3)18-17(19)14(2)20-12-21-18/h4-9,12H,10-11H2,1-3H3. The summed E-state index contributed by atoms with van der Waals surface area (Å²) < 4.78 is 7.68. The fraction of sp³-hybridized carbons (Fsp3) is 0.278. The second-order valence-electron chi connectivity index (χ2n) is 5.78. The third-order valence-electron chi connectivity index (χ3n) is 3.87. The summed E-state index contributed by atoms with van der Waals surface area (Å²) in [4.78, 5) is 10.3. The highest BCUT2D eigenvalue weighted by molar-refractivity contribution is 6.33. The van der Waals surface area contributed by atoms with E-state index in [1.54, 1.807) is 10.9 Å². The Kier molecular flexibility index (Phi) is 5.19. The third kappa shape index (κ3) is 3.91. The molecular weight excluding hydrogens is 338 g/mol. The number of rotatable bonds is 6. The molecule has 0 spiro atoms. The molecule has 0 aliphatic carbocycles. The summed E-state index contributed by atoms with van der Waals surface area (Å²) in [7, 11) is 1.92. The molecule has 0 atom stereocenters. The summed E-state index contributed by atoms with van der Waals surface area (Å²) in [5, 5.41) is 4.90. The lowest BCUT2D eigenvalue weighted by Crippen LogP contribution is -2.25. The van der Waals surface area contributed by atoms with Crippen molar-refractivity contribution in [3.05, 3.63) is 59.1 Å². The van der Waals surface area contributed by atoms with Crippen LogP contribution in [0.3, 0.4) is 0 Å². The zero-order valence-corrected chi connectivity index (χ0v) is 15.2. The number of aromatic nitrogens is 4. The Morgan fingerprint density at radius 2 is 1.88 bits per heavy atom. The molecule has 0 saturated carbocycles. The minimum atomic E-state index is 0.480. The number of nitrogens with zero attached hydrogens (tertiary/aromatic N) is 5. The minimum Gasteiger partial charge on any atom is -0.476 e.